The summed E-state index contributed by atoms with van der Waals surface area (Å²) >= 11 is 0. The summed E-state index contributed by atoms with van der Waals surface area (Å²) in [4.78, 5) is 29.2. The van der Waals surface area contributed by atoms with Crippen LogP contribution in [0.15, 0.2) is 0 Å². The fraction of sp³-hybridized carbons (Fsp3) is 0.889. The first-order valence-corrected chi connectivity index (χ1v) is 8.79. The quantitative estimate of drug-likeness (QED) is 0.423. The van der Waals surface area contributed by atoms with Crippen molar-refractivity contribution in [2.75, 3.05) is 41.4 Å². The molecule has 0 aliphatic rings. The summed E-state index contributed by atoms with van der Waals surface area (Å²) in [5.41, 5.74) is -2.35. The minimum absolute atomic E-state index is 0.354. The molecule has 6 nitrogen and oxygen atoms in total. The molecule has 0 saturated carbocycles. The van der Waals surface area contributed by atoms with Crippen molar-refractivity contribution < 1.29 is 19.1 Å². The highest BCUT2D eigenvalue weighted by Crippen LogP contribution is 2.34. The topological polar surface area (TPSA) is 59.1 Å². The summed E-state index contributed by atoms with van der Waals surface area (Å²) in [6.45, 7) is 8.26. The van der Waals surface area contributed by atoms with Crippen molar-refractivity contribution >= 4 is 11.9 Å². The second-order valence-corrected chi connectivity index (χ2v) is 6.91. The van der Waals surface area contributed by atoms with Crippen LogP contribution in [0.5, 0.6) is 0 Å². The Balaban J connectivity index is 5.63. The fourth-order valence-electron chi connectivity index (χ4n) is 2.53. The van der Waals surface area contributed by atoms with Gasteiger partial charge in [0.25, 0.3) is 0 Å². The van der Waals surface area contributed by atoms with Crippen LogP contribution in [0.25, 0.3) is 0 Å². The van der Waals surface area contributed by atoms with E-state index in [1.807, 2.05) is 13.8 Å². The molecule has 0 heterocycles. The first-order chi connectivity index (χ1) is 11.1. The van der Waals surface area contributed by atoms with Crippen LogP contribution in [0.4, 0.5) is 0 Å². The van der Waals surface area contributed by atoms with E-state index in [0.717, 1.165) is 25.7 Å². The Morgan fingerprint density at radius 2 is 1.04 bits per heavy atom. The molecule has 0 rings (SSSR count). The number of likely N-dealkylation sites (N-methyl/N-ethyl adjacent to an activating group) is 2. The molecule has 142 valence electrons. The van der Waals surface area contributed by atoms with Crippen molar-refractivity contribution in [2.45, 2.75) is 64.5 Å². The molecule has 0 aliphatic carbocycles. The zero-order valence-corrected chi connectivity index (χ0v) is 16.8. The maximum atomic E-state index is 12.9. The Labute approximate surface area is 147 Å². The molecule has 0 N–H and O–H groups in total. The lowest BCUT2D eigenvalue weighted by Crippen LogP contribution is -2.73. The smallest absolute Gasteiger partial charge is 0.328 e. The lowest BCUT2D eigenvalue weighted by Gasteiger charge is -2.49. The SMILES string of the molecule is CCCCOC(=O)C(C)(N(C)C)C(C)(C(=O)OCCCC)N(C)C. The summed E-state index contributed by atoms with van der Waals surface area (Å²) in [6, 6.07) is 0. The molecule has 0 aromatic heterocycles. The van der Waals surface area contributed by atoms with Crippen molar-refractivity contribution in [3.05, 3.63) is 0 Å². The van der Waals surface area contributed by atoms with Gasteiger partial charge in [0.1, 0.15) is 11.1 Å². The minimum atomic E-state index is -1.17. The Hall–Kier alpha value is -1.14. The van der Waals surface area contributed by atoms with Crippen LogP contribution in [-0.2, 0) is 19.1 Å². The number of hydrogen-bond donors (Lipinski definition) is 0. The number of carbonyl (C=O) groups is 2. The number of hydrogen-bond acceptors (Lipinski definition) is 6. The molecule has 2 atom stereocenters. The number of unbranched alkanes of at least 4 members (excludes halogenated alkanes) is 2. The van der Waals surface area contributed by atoms with Gasteiger partial charge in [0.2, 0.25) is 0 Å². The molecule has 0 amide bonds. The van der Waals surface area contributed by atoms with Crippen LogP contribution in [0.2, 0.25) is 0 Å². The van der Waals surface area contributed by atoms with Gasteiger partial charge in [-0.3, -0.25) is 9.80 Å². The van der Waals surface area contributed by atoms with Gasteiger partial charge >= 0.3 is 11.9 Å². The van der Waals surface area contributed by atoms with Gasteiger partial charge in [0.15, 0.2) is 0 Å². The van der Waals surface area contributed by atoms with Gasteiger partial charge in [-0.25, -0.2) is 9.59 Å². The average molecular weight is 344 g/mol. The van der Waals surface area contributed by atoms with Gasteiger partial charge in [-0.15, -0.1) is 0 Å². The van der Waals surface area contributed by atoms with Crippen LogP contribution < -0.4 is 0 Å². The van der Waals surface area contributed by atoms with Crippen molar-refractivity contribution in [3.63, 3.8) is 0 Å². The first-order valence-electron chi connectivity index (χ1n) is 8.79. The third-order valence-corrected chi connectivity index (χ3v) is 4.99. The molecule has 6 heteroatoms. The molecule has 2 unspecified atom stereocenters. The van der Waals surface area contributed by atoms with Gasteiger partial charge < -0.3 is 9.47 Å². The number of carbonyl (C=O) groups excluding carboxylic acids is 2. The van der Waals surface area contributed by atoms with Gasteiger partial charge in [0, 0.05) is 0 Å². The summed E-state index contributed by atoms with van der Waals surface area (Å²) in [5, 5.41) is 0. The van der Waals surface area contributed by atoms with Crippen molar-refractivity contribution in [1.82, 2.24) is 9.80 Å². The van der Waals surface area contributed by atoms with Crippen molar-refractivity contribution in [3.8, 4) is 0 Å². The van der Waals surface area contributed by atoms with Crippen LogP contribution in [-0.4, -0.2) is 74.2 Å². The molecule has 0 spiro atoms. The van der Waals surface area contributed by atoms with Crippen LogP contribution >= 0.6 is 0 Å². The Morgan fingerprint density at radius 3 is 1.25 bits per heavy atom. The van der Waals surface area contributed by atoms with Gasteiger partial charge in [-0.05, 0) is 54.9 Å². The first kappa shape index (κ1) is 22.9. The molecule has 0 aromatic rings. The number of rotatable bonds is 11. The maximum absolute atomic E-state index is 12.9. The van der Waals surface area contributed by atoms with Crippen molar-refractivity contribution in [2.24, 2.45) is 0 Å². The fourth-order valence-corrected chi connectivity index (χ4v) is 2.53. The third-order valence-electron chi connectivity index (χ3n) is 4.99. The number of nitrogens with zero attached hydrogens (tertiary/aromatic N) is 2. The predicted molar refractivity (Wildman–Crippen MR) is 95.9 cm³/mol. The van der Waals surface area contributed by atoms with E-state index in [4.69, 9.17) is 9.47 Å². The second-order valence-electron chi connectivity index (χ2n) is 6.91. The monoisotopic (exact) mass is 344 g/mol. The summed E-state index contributed by atoms with van der Waals surface area (Å²) < 4.78 is 10.9. The second kappa shape index (κ2) is 9.99. The molecule has 0 bridgehead atoms. The maximum Gasteiger partial charge on any atom is 0.328 e. The summed E-state index contributed by atoms with van der Waals surface area (Å²) in [6.07, 6.45) is 3.48. The Bertz CT molecular complexity index is 374. The van der Waals surface area contributed by atoms with Crippen LogP contribution in [0.1, 0.15) is 53.4 Å². The largest absolute Gasteiger partial charge is 0.464 e. The molecule has 24 heavy (non-hydrogen) atoms. The highest BCUT2D eigenvalue weighted by molar-refractivity contribution is 5.94. The predicted octanol–water partition coefficient (Wildman–Crippen LogP) is 2.31. The average Bonchev–Trinajstić information content (AvgIpc) is 2.52. The zero-order valence-electron chi connectivity index (χ0n) is 16.8. The van der Waals surface area contributed by atoms with E-state index in [2.05, 4.69) is 0 Å². The summed E-state index contributed by atoms with van der Waals surface area (Å²) in [5.74, 6) is -0.825. The highest BCUT2D eigenvalue weighted by atomic mass is 16.5. The van der Waals surface area contributed by atoms with E-state index in [1.165, 1.54) is 0 Å². The normalized spacial score (nSPS) is 16.6. The van der Waals surface area contributed by atoms with E-state index in [0.29, 0.717) is 13.2 Å². The van der Waals surface area contributed by atoms with E-state index < -0.39 is 23.0 Å². The van der Waals surface area contributed by atoms with E-state index in [9.17, 15) is 9.59 Å². The molecule has 0 saturated heterocycles. The Morgan fingerprint density at radius 1 is 0.750 bits per heavy atom. The molecule has 0 aromatic carbocycles. The minimum Gasteiger partial charge on any atom is -0.464 e. The third kappa shape index (κ3) is 4.70. The van der Waals surface area contributed by atoms with Crippen molar-refractivity contribution in [1.29, 1.82) is 0 Å². The molecule has 0 aliphatic heterocycles. The number of esters is 2. The Kier molecular flexibility index (Phi) is 9.51. The van der Waals surface area contributed by atoms with E-state index in [1.54, 1.807) is 51.8 Å². The molecular weight excluding hydrogens is 308 g/mol. The van der Waals surface area contributed by atoms with Gasteiger partial charge in [-0.1, -0.05) is 26.7 Å². The van der Waals surface area contributed by atoms with E-state index >= 15 is 0 Å². The van der Waals surface area contributed by atoms with Crippen LogP contribution in [0.3, 0.4) is 0 Å². The lowest BCUT2D eigenvalue weighted by molar-refractivity contribution is -0.181. The lowest BCUT2D eigenvalue weighted by atomic mass is 9.77. The molecule has 0 fully saturated rings. The van der Waals surface area contributed by atoms with Crippen LogP contribution in [0, 0.1) is 0 Å². The van der Waals surface area contributed by atoms with Gasteiger partial charge in [0.05, 0.1) is 13.2 Å². The van der Waals surface area contributed by atoms with Gasteiger partial charge in [-0.2, -0.15) is 0 Å². The zero-order chi connectivity index (χ0) is 19.0. The standard InChI is InChI=1S/C18H36N2O4/c1-9-11-13-23-15(21)17(3,19(5)6)18(4,20(7)8)16(22)24-14-12-10-2/h9-14H2,1-8H3. The molecule has 0 radical (unpaired) electrons. The highest BCUT2D eigenvalue weighted by Gasteiger charge is 2.60. The number of ether oxygens (including phenoxy) is 2. The summed E-state index contributed by atoms with van der Waals surface area (Å²) in [7, 11) is 7.12. The molecular formula is C18H36N2O4. The van der Waals surface area contributed by atoms with E-state index in [-0.39, 0.29) is 0 Å².